The summed E-state index contributed by atoms with van der Waals surface area (Å²) >= 11 is 0. The Morgan fingerprint density at radius 1 is 1.15 bits per heavy atom. The zero-order chi connectivity index (χ0) is 24.3. The number of hydrogen-bond donors (Lipinski definition) is 1. The Hall–Kier alpha value is -3.82. The van der Waals surface area contributed by atoms with Gasteiger partial charge < -0.3 is 14.6 Å². The number of methoxy groups -OCH3 is 1. The zero-order valence-electron chi connectivity index (χ0n) is 18.0. The number of benzene rings is 2. The number of rotatable bonds is 7. The van der Waals surface area contributed by atoms with Crippen molar-refractivity contribution in [3.8, 4) is 11.5 Å². The first-order valence-electron chi connectivity index (χ1n) is 9.87. The van der Waals surface area contributed by atoms with Crippen LogP contribution in [0.3, 0.4) is 0 Å². The van der Waals surface area contributed by atoms with E-state index in [0.717, 1.165) is 6.08 Å². The highest BCUT2D eigenvalue weighted by atomic mass is 19.4. The molecule has 1 aliphatic rings. The molecular weight excluding hydrogens is 441 g/mol. The maximum absolute atomic E-state index is 13.7. The first-order valence-corrected chi connectivity index (χ1v) is 9.87. The fraction of sp³-hybridized carbons (Fsp3) is 0.261. The maximum atomic E-state index is 13.7. The molecule has 1 aliphatic heterocycles. The van der Waals surface area contributed by atoms with Gasteiger partial charge >= 0.3 is 12.1 Å². The van der Waals surface area contributed by atoms with Crippen LogP contribution in [0.4, 0.5) is 18.9 Å². The zero-order valence-corrected chi connectivity index (χ0v) is 18.0. The van der Waals surface area contributed by atoms with E-state index in [-0.39, 0.29) is 22.7 Å². The fourth-order valence-corrected chi connectivity index (χ4v) is 2.99. The number of amides is 1. The Kier molecular flexibility index (Phi) is 6.75. The summed E-state index contributed by atoms with van der Waals surface area (Å²) in [4.78, 5) is 23.9. The van der Waals surface area contributed by atoms with E-state index in [4.69, 9.17) is 14.6 Å². The number of hydrogen-bond acceptors (Lipinski definition) is 5. The predicted octanol–water partition coefficient (Wildman–Crippen LogP) is 4.78. The highest BCUT2D eigenvalue weighted by Crippen LogP contribution is 2.34. The van der Waals surface area contributed by atoms with Gasteiger partial charge in [-0.05, 0) is 54.0 Å². The Morgan fingerprint density at radius 2 is 1.82 bits per heavy atom. The van der Waals surface area contributed by atoms with Crippen molar-refractivity contribution in [2.45, 2.75) is 20.0 Å². The first-order chi connectivity index (χ1) is 15.5. The number of carboxylic acids is 1. The number of aromatic carboxylic acids is 1. The topological polar surface area (TPSA) is 88.4 Å². The molecular formula is C23H21F3N2O5. The van der Waals surface area contributed by atoms with E-state index in [0.29, 0.717) is 23.1 Å². The standard InChI is InChI=1S/C23H21F3N2O5/c1-13(2)12-33-18-9-4-14(11-19(18)32-3)10-17-20(23(24,25)26)27-28(21(17)29)16-7-5-15(6-8-16)22(30)31/h4-11,13H,12H2,1-3H3,(H,30,31). The van der Waals surface area contributed by atoms with Gasteiger partial charge in [-0.2, -0.15) is 23.3 Å². The number of carbonyl (C=O) groups is 2. The number of hydrazone groups is 1. The smallest absolute Gasteiger partial charge is 0.435 e. The quantitative estimate of drug-likeness (QED) is 0.599. The fourth-order valence-electron chi connectivity index (χ4n) is 2.99. The monoisotopic (exact) mass is 462 g/mol. The van der Waals surface area contributed by atoms with Crippen LogP contribution in [0.2, 0.25) is 0 Å². The van der Waals surface area contributed by atoms with Gasteiger partial charge in [-0.25, -0.2) is 4.79 Å². The largest absolute Gasteiger partial charge is 0.493 e. The second-order valence-corrected chi connectivity index (χ2v) is 7.59. The van der Waals surface area contributed by atoms with Crippen molar-refractivity contribution in [2.24, 2.45) is 11.0 Å². The van der Waals surface area contributed by atoms with Crippen molar-refractivity contribution in [3.63, 3.8) is 0 Å². The van der Waals surface area contributed by atoms with E-state index in [1.54, 1.807) is 6.07 Å². The molecule has 0 spiro atoms. The Bertz CT molecular complexity index is 1120. The lowest BCUT2D eigenvalue weighted by molar-refractivity contribution is -0.114. The number of alkyl halides is 3. The Labute approximate surface area is 187 Å². The van der Waals surface area contributed by atoms with Crippen molar-refractivity contribution in [1.82, 2.24) is 0 Å². The maximum Gasteiger partial charge on any atom is 0.435 e. The molecule has 0 unspecified atom stereocenters. The average Bonchev–Trinajstić information content (AvgIpc) is 3.09. The summed E-state index contributed by atoms with van der Waals surface area (Å²) in [6.07, 6.45) is -3.81. The van der Waals surface area contributed by atoms with Crippen LogP contribution in [-0.4, -0.2) is 42.6 Å². The van der Waals surface area contributed by atoms with Crippen molar-refractivity contribution in [2.75, 3.05) is 18.7 Å². The molecule has 1 heterocycles. The van der Waals surface area contributed by atoms with E-state index in [2.05, 4.69) is 5.10 Å². The molecule has 174 valence electrons. The van der Waals surface area contributed by atoms with E-state index in [1.165, 1.54) is 43.5 Å². The second kappa shape index (κ2) is 9.35. The van der Waals surface area contributed by atoms with Crippen molar-refractivity contribution in [3.05, 3.63) is 59.2 Å². The predicted molar refractivity (Wildman–Crippen MR) is 116 cm³/mol. The van der Waals surface area contributed by atoms with Crippen LogP contribution in [0, 0.1) is 5.92 Å². The van der Waals surface area contributed by atoms with Crippen LogP contribution in [0.5, 0.6) is 11.5 Å². The van der Waals surface area contributed by atoms with Gasteiger partial charge in [0, 0.05) is 0 Å². The van der Waals surface area contributed by atoms with E-state index in [1.807, 2.05) is 13.8 Å². The van der Waals surface area contributed by atoms with Gasteiger partial charge in [-0.1, -0.05) is 19.9 Å². The lowest BCUT2D eigenvalue weighted by Gasteiger charge is -2.13. The van der Waals surface area contributed by atoms with Crippen molar-refractivity contribution >= 4 is 29.4 Å². The molecule has 0 atom stereocenters. The van der Waals surface area contributed by atoms with Crippen LogP contribution in [0.15, 0.2) is 53.1 Å². The lowest BCUT2D eigenvalue weighted by atomic mass is 10.1. The van der Waals surface area contributed by atoms with Crippen LogP contribution >= 0.6 is 0 Å². The first kappa shape index (κ1) is 23.8. The molecule has 2 aromatic carbocycles. The summed E-state index contributed by atoms with van der Waals surface area (Å²) in [5, 5.41) is 13.1. The van der Waals surface area contributed by atoms with Crippen LogP contribution in [0.1, 0.15) is 29.8 Å². The SMILES string of the molecule is COc1cc(C=C2C(=O)N(c3ccc(C(=O)O)cc3)N=C2C(F)(F)F)ccc1OCC(C)C. The number of halogens is 3. The molecule has 0 aliphatic carbocycles. The van der Waals surface area contributed by atoms with Crippen LogP contribution < -0.4 is 14.5 Å². The summed E-state index contributed by atoms with van der Waals surface area (Å²) < 4.78 is 51.9. The summed E-state index contributed by atoms with van der Waals surface area (Å²) in [5.74, 6) is -1.21. The molecule has 0 radical (unpaired) electrons. The number of carbonyl (C=O) groups excluding carboxylic acids is 1. The molecule has 1 N–H and O–H groups in total. The lowest BCUT2D eigenvalue weighted by Crippen LogP contribution is -2.25. The van der Waals surface area contributed by atoms with Gasteiger partial charge in [-0.15, -0.1) is 0 Å². The number of nitrogens with zero attached hydrogens (tertiary/aromatic N) is 2. The molecule has 0 aromatic heterocycles. The van der Waals surface area contributed by atoms with Crippen molar-refractivity contribution in [1.29, 1.82) is 0 Å². The van der Waals surface area contributed by atoms with Gasteiger partial charge in [0.1, 0.15) is 0 Å². The molecule has 1 amide bonds. The minimum absolute atomic E-state index is 0.00478. The summed E-state index contributed by atoms with van der Waals surface area (Å²) in [7, 11) is 1.40. The molecule has 3 rings (SSSR count). The number of carboxylic acid groups (broad SMARTS) is 1. The van der Waals surface area contributed by atoms with Crippen LogP contribution in [0.25, 0.3) is 6.08 Å². The third kappa shape index (κ3) is 5.33. The Balaban J connectivity index is 1.98. The number of anilines is 1. The van der Waals surface area contributed by atoms with E-state index in [9.17, 15) is 22.8 Å². The summed E-state index contributed by atoms with van der Waals surface area (Å²) in [6.45, 7) is 4.36. The Morgan fingerprint density at radius 3 is 2.36 bits per heavy atom. The third-order valence-corrected chi connectivity index (χ3v) is 4.58. The van der Waals surface area contributed by atoms with Gasteiger partial charge in [0.25, 0.3) is 5.91 Å². The van der Waals surface area contributed by atoms with Gasteiger partial charge in [0.15, 0.2) is 17.2 Å². The molecule has 0 saturated heterocycles. The minimum Gasteiger partial charge on any atom is -0.493 e. The van der Waals surface area contributed by atoms with Crippen molar-refractivity contribution < 1.29 is 37.3 Å². The molecule has 2 aromatic rings. The summed E-state index contributed by atoms with van der Waals surface area (Å²) in [6, 6.07) is 9.31. The van der Waals surface area contributed by atoms with Gasteiger partial charge in [-0.3, -0.25) is 4.79 Å². The molecule has 0 bridgehead atoms. The molecule has 33 heavy (non-hydrogen) atoms. The molecule has 10 heteroatoms. The number of ether oxygens (including phenoxy) is 2. The normalized spacial score (nSPS) is 15.2. The third-order valence-electron chi connectivity index (χ3n) is 4.58. The van der Waals surface area contributed by atoms with E-state index >= 15 is 0 Å². The highest BCUT2D eigenvalue weighted by molar-refractivity contribution is 6.34. The average molecular weight is 462 g/mol. The molecule has 7 nitrogen and oxygen atoms in total. The van der Waals surface area contributed by atoms with Crippen LogP contribution in [-0.2, 0) is 4.79 Å². The van der Waals surface area contributed by atoms with E-state index < -0.39 is 29.3 Å². The second-order valence-electron chi connectivity index (χ2n) is 7.59. The molecule has 0 fully saturated rings. The highest BCUT2D eigenvalue weighted by Gasteiger charge is 2.46. The minimum atomic E-state index is -4.89. The summed E-state index contributed by atoms with van der Waals surface area (Å²) in [5.41, 5.74) is -1.79. The van der Waals surface area contributed by atoms with Gasteiger partial charge in [0.2, 0.25) is 0 Å². The molecule has 0 saturated carbocycles. The van der Waals surface area contributed by atoms with Gasteiger partial charge in [0.05, 0.1) is 30.5 Å².